The Morgan fingerprint density at radius 3 is 2.50 bits per heavy atom. The molecule has 3 nitrogen and oxygen atoms in total. The Morgan fingerprint density at radius 2 is 1.83 bits per heavy atom. The fraction of sp³-hybridized carbons (Fsp3) is 1.00. The van der Waals surface area contributed by atoms with Gasteiger partial charge in [-0.15, -0.1) is 0 Å². The highest BCUT2D eigenvalue weighted by Crippen LogP contribution is 2.12. The second-order valence-electron chi connectivity index (χ2n) is 3.10. The van der Waals surface area contributed by atoms with E-state index < -0.39 is 0 Å². The van der Waals surface area contributed by atoms with Gasteiger partial charge in [0.1, 0.15) is 0 Å². The van der Waals surface area contributed by atoms with Crippen molar-refractivity contribution in [2.45, 2.75) is 38.4 Å². The highest BCUT2D eigenvalue weighted by molar-refractivity contribution is 4.52. The fourth-order valence-electron chi connectivity index (χ4n) is 1.30. The number of aliphatic hydroxyl groups is 1. The molecule has 0 aliphatic carbocycles. The average Bonchev–Trinajstić information content (AvgIpc) is 2.14. The Labute approximate surface area is 73.7 Å². The molecule has 3 heteroatoms. The van der Waals surface area contributed by atoms with Crippen LogP contribution in [0.4, 0.5) is 0 Å². The Bertz CT molecular complexity index is 99.9. The molecule has 0 amide bonds. The van der Waals surface area contributed by atoms with Gasteiger partial charge in [0.15, 0.2) is 6.29 Å². The van der Waals surface area contributed by atoms with Crippen LogP contribution in [-0.2, 0) is 9.47 Å². The van der Waals surface area contributed by atoms with E-state index in [0.29, 0.717) is 6.61 Å². The molecule has 1 N–H and O–H groups in total. The summed E-state index contributed by atoms with van der Waals surface area (Å²) in [4.78, 5) is 0. The summed E-state index contributed by atoms with van der Waals surface area (Å²) in [6.45, 7) is 1.97. The van der Waals surface area contributed by atoms with Gasteiger partial charge in [-0.3, -0.25) is 0 Å². The van der Waals surface area contributed by atoms with Crippen LogP contribution in [0.3, 0.4) is 0 Å². The molecule has 0 unspecified atom stereocenters. The minimum atomic E-state index is 0.0254. The van der Waals surface area contributed by atoms with Crippen LogP contribution in [0.5, 0.6) is 0 Å². The molecule has 1 fully saturated rings. The van der Waals surface area contributed by atoms with Crippen molar-refractivity contribution in [1.82, 2.24) is 0 Å². The molecule has 0 aromatic carbocycles. The molecule has 1 aliphatic rings. The van der Waals surface area contributed by atoms with E-state index in [2.05, 4.69) is 0 Å². The second-order valence-corrected chi connectivity index (χ2v) is 3.10. The first-order valence-corrected chi connectivity index (χ1v) is 4.77. The number of hydrogen-bond acceptors (Lipinski definition) is 3. The Kier molecular flexibility index (Phi) is 5.32. The zero-order valence-corrected chi connectivity index (χ0v) is 7.50. The zero-order valence-electron chi connectivity index (χ0n) is 7.50. The lowest BCUT2D eigenvalue weighted by Gasteiger charge is -2.22. The highest BCUT2D eigenvalue weighted by atomic mass is 16.7. The molecule has 0 radical (unpaired) electrons. The summed E-state index contributed by atoms with van der Waals surface area (Å²) in [6, 6.07) is 0. The lowest BCUT2D eigenvalue weighted by Crippen LogP contribution is -2.24. The van der Waals surface area contributed by atoms with Gasteiger partial charge in [0, 0.05) is 6.61 Å². The van der Waals surface area contributed by atoms with Crippen molar-refractivity contribution >= 4 is 0 Å². The molecule has 1 heterocycles. The van der Waals surface area contributed by atoms with Crippen LogP contribution < -0.4 is 0 Å². The molecule has 1 rings (SSSR count). The second kappa shape index (κ2) is 6.40. The first kappa shape index (κ1) is 9.96. The molecular weight excluding hydrogens is 156 g/mol. The maximum absolute atomic E-state index is 8.54. The van der Waals surface area contributed by atoms with Gasteiger partial charge in [-0.05, 0) is 25.7 Å². The minimum absolute atomic E-state index is 0.0254. The number of ether oxygens (including phenoxy) is 2. The van der Waals surface area contributed by atoms with Crippen LogP contribution in [0.2, 0.25) is 0 Å². The van der Waals surface area contributed by atoms with E-state index in [1.165, 1.54) is 0 Å². The first-order valence-electron chi connectivity index (χ1n) is 4.77. The third-order valence-electron chi connectivity index (χ3n) is 1.99. The average molecular weight is 174 g/mol. The SMILES string of the molecule is OCCCCCC1OCCCO1. The summed E-state index contributed by atoms with van der Waals surface area (Å²) < 4.78 is 10.7. The van der Waals surface area contributed by atoms with Gasteiger partial charge in [-0.25, -0.2) is 0 Å². The van der Waals surface area contributed by atoms with E-state index in [1.54, 1.807) is 0 Å². The van der Waals surface area contributed by atoms with Crippen LogP contribution in [0.15, 0.2) is 0 Å². The Hall–Kier alpha value is -0.120. The summed E-state index contributed by atoms with van der Waals surface area (Å²) >= 11 is 0. The molecule has 1 aliphatic heterocycles. The third-order valence-corrected chi connectivity index (χ3v) is 1.99. The quantitative estimate of drug-likeness (QED) is 0.638. The number of hydrogen-bond donors (Lipinski definition) is 1. The van der Waals surface area contributed by atoms with Gasteiger partial charge in [-0.2, -0.15) is 0 Å². The lowest BCUT2D eigenvalue weighted by molar-refractivity contribution is -0.181. The molecular formula is C9H18O3. The zero-order chi connectivity index (χ0) is 8.65. The highest BCUT2D eigenvalue weighted by Gasteiger charge is 2.12. The van der Waals surface area contributed by atoms with E-state index in [1.807, 2.05) is 0 Å². The van der Waals surface area contributed by atoms with Crippen molar-refractivity contribution in [2.75, 3.05) is 19.8 Å². The van der Waals surface area contributed by atoms with Crippen LogP contribution in [-0.4, -0.2) is 31.2 Å². The third kappa shape index (κ3) is 4.04. The summed E-state index contributed by atoms with van der Waals surface area (Å²) in [6.07, 6.45) is 5.07. The minimum Gasteiger partial charge on any atom is -0.396 e. The maximum atomic E-state index is 8.54. The topological polar surface area (TPSA) is 38.7 Å². The van der Waals surface area contributed by atoms with E-state index in [9.17, 15) is 0 Å². The molecule has 72 valence electrons. The van der Waals surface area contributed by atoms with Crippen LogP contribution >= 0.6 is 0 Å². The van der Waals surface area contributed by atoms with Gasteiger partial charge >= 0.3 is 0 Å². The van der Waals surface area contributed by atoms with Crippen molar-refractivity contribution in [3.8, 4) is 0 Å². The monoisotopic (exact) mass is 174 g/mol. The van der Waals surface area contributed by atoms with Gasteiger partial charge < -0.3 is 14.6 Å². The maximum Gasteiger partial charge on any atom is 0.157 e. The van der Waals surface area contributed by atoms with Crippen molar-refractivity contribution in [3.63, 3.8) is 0 Å². The summed E-state index contributed by atoms with van der Waals surface area (Å²) in [5, 5.41) is 8.54. The molecule has 0 aromatic heterocycles. The molecule has 0 atom stereocenters. The molecule has 0 bridgehead atoms. The van der Waals surface area contributed by atoms with Crippen molar-refractivity contribution in [3.05, 3.63) is 0 Å². The van der Waals surface area contributed by atoms with Crippen molar-refractivity contribution < 1.29 is 14.6 Å². The predicted molar refractivity (Wildman–Crippen MR) is 45.9 cm³/mol. The molecule has 1 saturated heterocycles. The van der Waals surface area contributed by atoms with Crippen LogP contribution in [0.1, 0.15) is 32.1 Å². The first-order chi connectivity index (χ1) is 5.93. The van der Waals surface area contributed by atoms with Crippen LogP contribution in [0, 0.1) is 0 Å². The molecule has 0 saturated carbocycles. The molecule has 12 heavy (non-hydrogen) atoms. The smallest absolute Gasteiger partial charge is 0.157 e. The fourth-order valence-corrected chi connectivity index (χ4v) is 1.30. The van der Waals surface area contributed by atoms with E-state index >= 15 is 0 Å². The van der Waals surface area contributed by atoms with Gasteiger partial charge in [0.05, 0.1) is 13.2 Å². The number of unbranched alkanes of at least 4 members (excludes halogenated alkanes) is 2. The number of rotatable bonds is 5. The Morgan fingerprint density at radius 1 is 1.08 bits per heavy atom. The summed E-state index contributed by atoms with van der Waals surface area (Å²) in [5.74, 6) is 0. The molecule has 0 spiro atoms. The lowest BCUT2D eigenvalue weighted by atomic mass is 10.2. The summed E-state index contributed by atoms with van der Waals surface area (Å²) in [7, 11) is 0. The van der Waals surface area contributed by atoms with Crippen molar-refractivity contribution in [1.29, 1.82) is 0 Å². The largest absolute Gasteiger partial charge is 0.396 e. The Balaban J connectivity index is 1.91. The van der Waals surface area contributed by atoms with E-state index in [0.717, 1.165) is 45.3 Å². The normalized spacial score (nSPS) is 19.8. The van der Waals surface area contributed by atoms with E-state index in [-0.39, 0.29) is 6.29 Å². The van der Waals surface area contributed by atoms with E-state index in [4.69, 9.17) is 14.6 Å². The predicted octanol–water partition coefficient (Wildman–Crippen LogP) is 1.30. The summed E-state index contributed by atoms with van der Waals surface area (Å²) in [5.41, 5.74) is 0. The van der Waals surface area contributed by atoms with Crippen LogP contribution in [0.25, 0.3) is 0 Å². The standard InChI is InChI=1S/C9H18O3/c10-6-3-1-2-5-9-11-7-4-8-12-9/h9-10H,1-8H2. The molecule has 0 aromatic rings. The van der Waals surface area contributed by atoms with Gasteiger partial charge in [0.25, 0.3) is 0 Å². The van der Waals surface area contributed by atoms with Crippen molar-refractivity contribution in [2.24, 2.45) is 0 Å². The van der Waals surface area contributed by atoms with Gasteiger partial charge in [0.2, 0.25) is 0 Å². The number of aliphatic hydroxyl groups excluding tert-OH is 1. The van der Waals surface area contributed by atoms with Gasteiger partial charge in [-0.1, -0.05) is 6.42 Å².